The second-order valence-electron chi connectivity index (χ2n) is 5.73. The molecule has 0 bridgehead atoms. The fourth-order valence-electron chi connectivity index (χ4n) is 2.47. The van der Waals surface area contributed by atoms with Crippen LogP contribution in [0.15, 0.2) is 30.6 Å². The number of anilines is 3. The summed E-state index contributed by atoms with van der Waals surface area (Å²) >= 11 is 0. The number of hydrogen-bond donors (Lipinski definition) is 1. The van der Waals surface area contributed by atoms with E-state index in [9.17, 15) is 10.1 Å². The molecule has 1 N–H and O–H groups in total. The fourth-order valence-corrected chi connectivity index (χ4v) is 2.47. The Kier molecular flexibility index (Phi) is 5.68. The maximum absolute atomic E-state index is 11.6. The molecule has 128 valence electrons. The molecule has 0 atom stereocenters. The number of aromatic nitrogens is 2. The van der Waals surface area contributed by atoms with Gasteiger partial charge in [0.1, 0.15) is 6.33 Å². The van der Waals surface area contributed by atoms with Gasteiger partial charge in [-0.15, -0.1) is 0 Å². The van der Waals surface area contributed by atoms with Crippen molar-refractivity contribution in [3.63, 3.8) is 0 Å². The lowest BCUT2D eigenvalue weighted by Gasteiger charge is -2.20. The van der Waals surface area contributed by atoms with Crippen LogP contribution in [0.2, 0.25) is 0 Å². The first-order chi connectivity index (χ1) is 11.5. The second kappa shape index (κ2) is 7.72. The lowest BCUT2D eigenvalue weighted by Crippen LogP contribution is -2.24. The molecule has 0 spiro atoms. The van der Waals surface area contributed by atoms with Gasteiger partial charge in [0.25, 0.3) is 0 Å². The topological polar surface area (TPSA) is 84.2 Å². The SMILES string of the molecule is CCN(CC)c1ncnc(Nc2ccc(C(C)C)cc2)c1[N+](=O)[O-]. The Morgan fingerprint density at radius 3 is 2.29 bits per heavy atom. The van der Waals surface area contributed by atoms with Crippen molar-refractivity contribution in [1.29, 1.82) is 0 Å². The van der Waals surface area contributed by atoms with Gasteiger partial charge in [-0.05, 0) is 37.5 Å². The molecule has 0 fully saturated rings. The van der Waals surface area contributed by atoms with E-state index in [2.05, 4.69) is 29.1 Å². The van der Waals surface area contributed by atoms with Gasteiger partial charge in [-0.2, -0.15) is 0 Å². The molecule has 2 aromatic rings. The molecule has 0 aliphatic heterocycles. The molecule has 7 heteroatoms. The van der Waals surface area contributed by atoms with Crippen molar-refractivity contribution in [3.8, 4) is 0 Å². The van der Waals surface area contributed by atoms with Gasteiger partial charge >= 0.3 is 5.69 Å². The standard InChI is InChI=1S/C17H23N5O2/c1-5-21(6-2)17-15(22(23)24)16(18-11-19-17)20-14-9-7-13(8-10-14)12(3)4/h7-12H,5-6H2,1-4H3,(H,18,19,20). The van der Waals surface area contributed by atoms with Gasteiger partial charge in [0.2, 0.25) is 11.6 Å². The van der Waals surface area contributed by atoms with Gasteiger partial charge in [0, 0.05) is 18.8 Å². The highest BCUT2D eigenvalue weighted by Gasteiger charge is 2.26. The minimum atomic E-state index is -0.432. The molecule has 0 saturated carbocycles. The van der Waals surface area contributed by atoms with E-state index in [-0.39, 0.29) is 11.5 Å². The first-order valence-corrected chi connectivity index (χ1v) is 8.09. The average Bonchev–Trinajstić information content (AvgIpc) is 2.56. The van der Waals surface area contributed by atoms with Crippen molar-refractivity contribution in [3.05, 3.63) is 46.3 Å². The molecule has 7 nitrogen and oxygen atoms in total. The molecule has 1 aromatic carbocycles. The van der Waals surface area contributed by atoms with Crippen LogP contribution in [-0.2, 0) is 0 Å². The first kappa shape index (κ1) is 17.7. The summed E-state index contributed by atoms with van der Waals surface area (Å²) in [5, 5.41) is 14.6. The molecule has 1 aromatic heterocycles. The molecule has 24 heavy (non-hydrogen) atoms. The summed E-state index contributed by atoms with van der Waals surface area (Å²) in [6, 6.07) is 7.81. The Balaban J connectivity index is 2.39. The average molecular weight is 329 g/mol. The molecule has 1 heterocycles. The zero-order valence-corrected chi connectivity index (χ0v) is 14.5. The van der Waals surface area contributed by atoms with E-state index in [1.807, 2.05) is 43.0 Å². The molecule has 0 saturated heterocycles. The third kappa shape index (κ3) is 3.79. The summed E-state index contributed by atoms with van der Waals surface area (Å²) in [5.41, 5.74) is 1.86. The highest BCUT2D eigenvalue weighted by molar-refractivity contribution is 5.74. The molecular weight excluding hydrogens is 306 g/mol. The van der Waals surface area contributed by atoms with Gasteiger partial charge in [0.15, 0.2) is 0 Å². The summed E-state index contributed by atoms with van der Waals surface area (Å²) in [7, 11) is 0. The van der Waals surface area contributed by atoms with E-state index in [0.29, 0.717) is 24.8 Å². The summed E-state index contributed by atoms with van der Waals surface area (Å²) in [5.74, 6) is 0.970. The summed E-state index contributed by atoms with van der Waals surface area (Å²) in [4.78, 5) is 21.2. The van der Waals surface area contributed by atoms with Crippen LogP contribution in [0.3, 0.4) is 0 Å². The lowest BCUT2D eigenvalue weighted by atomic mass is 10.0. The minimum Gasteiger partial charge on any atom is -0.351 e. The zero-order chi connectivity index (χ0) is 17.7. The highest BCUT2D eigenvalue weighted by atomic mass is 16.6. The molecule has 2 rings (SSSR count). The fraction of sp³-hybridized carbons (Fsp3) is 0.412. The molecular formula is C17H23N5O2. The van der Waals surface area contributed by atoms with Crippen LogP contribution in [0, 0.1) is 10.1 Å². The van der Waals surface area contributed by atoms with E-state index in [4.69, 9.17) is 0 Å². The number of hydrogen-bond acceptors (Lipinski definition) is 6. The predicted octanol–water partition coefficient (Wildman–Crippen LogP) is 4.10. The normalized spacial score (nSPS) is 10.7. The minimum absolute atomic E-state index is 0.103. The summed E-state index contributed by atoms with van der Waals surface area (Å²) in [6.45, 7) is 9.38. The number of nitrogens with one attached hydrogen (secondary N) is 1. The highest BCUT2D eigenvalue weighted by Crippen LogP contribution is 2.33. The third-order valence-corrected chi connectivity index (χ3v) is 3.89. The van der Waals surface area contributed by atoms with Crippen LogP contribution < -0.4 is 10.2 Å². The van der Waals surface area contributed by atoms with E-state index in [1.165, 1.54) is 11.9 Å². The second-order valence-corrected chi connectivity index (χ2v) is 5.73. The Bertz CT molecular complexity index is 697. The maximum Gasteiger partial charge on any atom is 0.353 e. The molecule has 0 amide bonds. The molecule has 0 unspecified atom stereocenters. The number of rotatable bonds is 7. The van der Waals surface area contributed by atoms with Gasteiger partial charge < -0.3 is 10.2 Å². The largest absolute Gasteiger partial charge is 0.353 e. The van der Waals surface area contributed by atoms with Crippen LogP contribution >= 0.6 is 0 Å². The van der Waals surface area contributed by atoms with Crippen LogP contribution in [-0.4, -0.2) is 28.0 Å². The van der Waals surface area contributed by atoms with Crippen LogP contribution in [0.25, 0.3) is 0 Å². The van der Waals surface area contributed by atoms with Crippen molar-refractivity contribution in [2.45, 2.75) is 33.6 Å². The molecule has 0 aliphatic carbocycles. The Hall–Kier alpha value is -2.70. The van der Waals surface area contributed by atoms with Gasteiger partial charge in [-0.1, -0.05) is 26.0 Å². The lowest BCUT2D eigenvalue weighted by molar-refractivity contribution is -0.383. The Labute approximate surface area is 141 Å². The van der Waals surface area contributed by atoms with Gasteiger partial charge in [-0.25, -0.2) is 9.97 Å². The van der Waals surface area contributed by atoms with E-state index < -0.39 is 4.92 Å². The van der Waals surface area contributed by atoms with Crippen LogP contribution in [0.4, 0.5) is 23.0 Å². The smallest absolute Gasteiger partial charge is 0.351 e. The monoisotopic (exact) mass is 329 g/mol. The van der Waals surface area contributed by atoms with Crippen molar-refractivity contribution in [2.75, 3.05) is 23.3 Å². The van der Waals surface area contributed by atoms with Crippen molar-refractivity contribution in [1.82, 2.24) is 9.97 Å². The van der Waals surface area contributed by atoms with Crippen molar-refractivity contribution < 1.29 is 4.92 Å². The van der Waals surface area contributed by atoms with Crippen molar-refractivity contribution >= 4 is 23.0 Å². The summed E-state index contributed by atoms with van der Waals surface area (Å²) < 4.78 is 0. The first-order valence-electron chi connectivity index (χ1n) is 8.09. The maximum atomic E-state index is 11.6. The van der Waals surface area contributed by atoms with Crippen molar-refractivity contribution in [2.24, 2.45) is 0 Å². The van der Waals surface area contributed by atoms with Crippen LogP contribution in [0.1, 0.15) is 39.2 Å². The Morgan fingerprint density at radius 1 is 1.17 bits per heavy atom. The van der Waals surface area contributed by atoms with Crippen LogP contribution in [0.5, 0.6) is 0 Å². The van der Waals surface area contributed by atoms with Gasteiger partial charge in [0.05, 0.1) is 4.92 Å². The zero-order valence-electron chi connectivity index (χ0n) is 14.5. The number of benzene rings is 1. The summed E-state index contributed by atoms with van der Waals surface area (Å²) in [6.07, 6.45) is 1.35. The molecule has 0 aliphatic rings. The quantitative estimate of drug-likeness (QED) is 0.608. The predicted molar refractivity (Wildman–Crippen MR) is 96.1 cm³/mol. The number of nitrogens with zero attached hydrogens (tertiary/aromatic N) is 4. The van der Waals surface area contributed by atoms with E-state index in [1.54, 1.807) is 0 Å². The van der Waals surface area contributed by atoms with E-state index in [0.717, 1.165) is 5.69 Å². The molecule has 0 radical (unpaired) electrons. The number of nitro groups is 1. The third-order valence-electron chi connectivity index (χ3n) is 3.89. The van der Waals surface area contributed by atoms with E-state index >= 15 is 0 Å². The van der Waals surface area contributed by atoms with Gasteiger partial charge in [-0.3, -0.25) is 10.1 Å². The Morgan fingerprint density at radius 2 is 1.79 bits per heavy atom.